The zero-order valence-electron chi connectivity index (χ0n) is 21.2. The fourth-order valence-corrected chi connectivity index (χ4v) is 5.25. The van der Waals surface area contributed by atoms with Crippen LogP contribution in [0.1, 0.15) is 45.9 Å². The third kappa shape index (κ3) is 4.06. The first kappa shape index (κ1) is 24.1. The summed E-state index contributed by atoms with van der Waals surface area (Å²) in [6.07, 6.45) is 10.1. The number of nitrogens with two attached hydrogens (primary N) is 2. The lowest BCUT2D eigenvalue weighted by molar-refractivity contribution is 0.725. The number of hydrogen-bond acceptors (Lipinski definition) is 3. The zero-order chi connectivity index (χ0) is 25.4. The normalized spacial score (nSPS) is 17.5. The lowest BCUT2D eigenvalue weighted by atomic mass is 9.62. The third-order valence-corrected chi connectivity index (χ3v) is 7.08. The van der Waals surface area contributed by atoms with Gasteiger partial charge in [-0.05, 0) is 68.0 Å². The summed E-state index contributed by atoms with van der Waals surface area (Å²) >= 11 is 0. The maximum Gasteiger partial charge on any atom is 0.0911 e. The van der Waals surface area contributed by atoms with Crippen molar-refractivity contribution in [2.45, 2.75) is 40.0 Å². The molecule has 0 aromatic heterocycles. The average Bonchev–Trinajstić information content (AvgIpc) is 3.03. The molecule has 1 atom stereocenters. The van der Waals surface area contributed by atoms with Gasteiger partial charge in [0.05, 0.1) is 16.9 Å². The van der Waals surface area contributed by atoms with Gasteiger partial charge in [-0.15, -0.1) is 0 Å². The number of hydrogen-bond donors (Lipinski definition) is 2. The highest BCUT2D eigenvalue weighted by Gasteiger charge is 2.43. The molecule has 1 unspecified atom stereocenters. The number of rotatable bonds is 4. The Hall–Kier alpha value is -4.03. The summed E-state index contributed by atoms with van der Waals surface area (Å²) in [5.74, 6) is 0. The molecule has 0 saturated heterocycles. The zero-order valence-corrected chi connectivity index (χ0v) is 21.2. The Morgan fingerprint density at radius 3 is 1.86 bits per heavy atom. The fraction of sp³-hybridized carbons (Fsp3) is 0.219. The first-order valence-corrected chi connectivity index (χ1v) is 11.9. The molecule has 0 amide bonds. The summed E-state index contributed by atoms with van der Waals surface area (Å²) in [6.45, 7) is 10.2. The molecule has 3 aromatic rings. The lowest BCUT2D eigenvalue weighted by Crippen LogP contribution is -2.34. The Labute approximate surface area is 209 Å². The predicted molar refractivity (Wildman–Crippen MR) is 147 cm³/mol. The van der Waals surface area contributed by atoms with Gasteiger partial charge in [0.1, 0.15) is 0 Å². The molecule has 1 aliphatic carbocycles. The summed E-state index contributed by atoms with van der Waals surface area (Å²) in [7, 11) is 0. The maximum absolute atomic E-state index is 9.83. The van der Waals surface area contributed by atoms with E-state index in [1.165, 1.54) is 0 Å². The topological polar surface area (TPSA) is 75.8 Å². The molecule has 1 aliphatic rings. The van der Waals surface area contributed by atoms with Gasteiger partial charge in [-0.2, -0.15) is 5.26 Å². The molecule has 4 rings (SSSR count). The third-order valence-electron chi connectivity index (χ3n) is 7.08. The van der Waals surface area contributed by atoms with Crippen LogP contribution in [0.2, 0.25) is 0 Å². The minimum absolute atomic E-state index is 0.706. The van der Waals surface area contributed by atoms with Gasteiger partial charge in [0.25, 0.3) is 0 Å². The molecule has 3 heteroatoms. The second-order valence-corrected chi connectivity index (χ2v) is 9.91. The van der Waals surface area contributed by atoms with E-state index in [1.807, 2.05) is 31.2 Å². The molecule has 0 heterocycles. The quantitative estimate of drug-likeness (QED) is 0.326. The van der Waals surface area contributed by atoms with Crippen molar-refractivity contribution in [2.75, 3.05) is 11.5 Å². The van der Waals surface area contributed by atoms with Gasteiger partial charge < -0.3 is 11.5 Å². The van der Waals surface area contributed by atoms with E-state index in [4.69, 9.17) is 11.5 Å². The molecular weight excluding hydrogens is 426 g/mol. The molecule has 4 N–H and O–H groups in total. The Bertz CT molecular complexity index is 1360. The fourth-order valence-electron chi connectivity index (χ4n) is 5.25. The minimum Gasteiger partial charge on any atom is -0.398 e. The summed E-state index contributed by atoms with van der Waals surface area (Å²) in [6, 6.07) is 21.4. The maximum atomic E-state index is 9.83. The first-order valence-electron chi connectivity index (χ1n) is 11.9. The van der Waals surface area contributed by atoms with Crippen LogP contribution in [-0.2, 0) is 5.41 Å². The summed E-state index contributed by atoms with van der Waals surface area (Å²) in [4.78, 5) is 0. The van der Waals surface area contributed by atoms with Crippen molar-refractivity contribution in [2.24, 2.45) is 5.41 Å². The highest BCUT2D eigenvalue weighted by atomic mass is 14.6. The van der Waals surface area contributed by atoms with Crippen molar-refractivity contribution in [1.82, 2.24) is 0 Å². The van der Waals surface area contributed by atoms with Crippen molar-refractivity contribution < 1.29 is 0 Å². The average molecular weight is 460 g/mol. The molecule has 0 fully saturated rings. The van der Waals surface area contributed by atoms with Gasteiger partial charge >= 0.3 is 0 Å². The van der Waals surface area contributed by atoms with Crippen LogP contribution in [0, 0.1) is 44.4 Å². The largest absolute Gasteiger partial charge is 0.398 e. The Balaban J connectivity index is 2.26. The van der Waals surface area contributed by atoms with Crippen molar-refractivity contribution in [3.63, 3.8) is 0 Å². The first-order chi connectivity index (χ1) is 16.6. The highest BCUT2D eigenvalue weighted by molar-refractivity contribution is 5.76. The SMILES string of the molecule is Cc1cc(C)c(N)c(C(C2=CC=CC(C)(C#N)C=C2)(c2ccccc2)c2cc(C)cc(C)c2N)c1. The van der Waals surface area contributed by atoms with Gasteiger partial charge in [0.2, 0.25) is 0 Å². The van der Waals surface area contributed by atoms with E-state index in [9.17, 15) is 5.26 Å². The molecule has 176 valence electrons. The number of allylic oxidation sites excluding steroid dienone is 6. The van der Waals surface area contributed by atoms with E-state index in [0.29, 0.717) is 0 Å². The molecule has 3 aromatic carbocycles. The van der Waals surface area contributed by atoms with E-state index in [1.54, 1.807) is 0 Å². The van der Waals surface area contributed by atoms with Crippen LogP contribution in [-0.4, -0.2) is 0 Å². The van der Waals surface area contributed by atoms with Gasteiger partial charge in [-0.25, -0.2) is 0 Å². The summed E-state index contributed by atoms with van der Waals surface area (Å²) in [5, 5.41) is 9.83. The van der Waals surface area contributed by atoms with Crippen molar-refractivity contribution >= 4 is 11.4 Å². The van der Waals surface area contributed by atoms with Crippen LogP contribution < -0.4 is 11.5 Å². The molecule has 35 heavy (non-hydrogen) atoms. The number of aryl methyl sites for hydroxylation is 4. The number of benzene rings is 3. The van der Waals surface area contributed by atoms with Gasteiger partial charge in [0, 0.05) is 11.4 Å². The highest BCUT2D eigenvalue weighted by Crippen LogP contribution is 2.51. The van der Waals surface area contributed by atoms with Crippen LogP contribution in [0.3, 0.4) is 0 Å². The summed E-state index contributed by atoms with van der Waals surface area (Å²) in [5.41, 5.74) is 22.2. The standard InChI is InChI=1S/C32H33N3/c1-21-16-23(3)29(34)27(18-21)32(25-10-7-6-8-11-25,28-19-22(2)17-24(4)30(28)35)26-12-9-14-31(5,20-33)15-13-26/h6-19H,34-35H2,1-5H3. The Morgan fingerprint density at radius 1 is 0.800 bits per heavy atom. The number of nitriles is 1. The van der Waals surface area contributed by atoms with Crippen molar-refractivity contribution in [3.8, 4) is 6.07 Å². The van der Waals surface area contributed by atoms with Crippen molar-refractivity contribution in [3.05, 3.63) is 129 Å². The van der Waals surface area contributed by atoms with E-state index in [-0.39, 0.29) is 0 Å². The predicted octanol–water partition coefficient (Wildman–Crippen LogP) is 7.00. The van der Waals surface area contributed by atoms with Crippen LogP contribution in [0.4, 0.5) is 11.4 Å². The second-order valence-electron chi connectivity index (χ2n) is 9.91. The van der Waals surface area contributed by atoms with Gasteiger partial charge in [-0.3, -0.25) is 0 Å². The summed E-state index contributed by atoms with van der Waals surface area (Å²) < 4.78 is 0. The molecular formula is C32H33N3. The molecule has 0 radical (unpaired) electrons. The van der Waals surface area contributed by atoms with Gasteiger partial charge in [-0.1, -0.05) is 96.1 Å². The van der Waals surface area contributed by atoms with E-state index < -0.39 is 10.8 Å². The lowest BCUT2D eigenvalue weighted by Gasteiger charge is -2.40. The molecule has 3 nitrogen and oxygen atoms in total. The second kappa shape index (κ2) is 8.96. The smallest absolute Gasteiger partial charge is 0.0911 e. The molecule has 0 spiro atoms. The van der Waals surface area contributed by atoms with Crippen LogP contribution in [0.25, 0.3) is 0 Å². The van der Waals surface area contributed by atoms with E-state index in [0.717, 1.165) is 55.9 Å². The molecule has 0 bridgehead atoms. The van der Waals surface area contributed by atoms with E-state index >= 15 is 0 Å². The molecule has 0 aliphatic heterocycles. The van der Waals surface area contributed by atoms with Crippen LogP contribution >= 0.6 is 0 Å². The Morgan fingerprint density at radius 2 is 1.34 bits per heavy atom. The Kier molecular flexibility index (Phi) is 6.17. The minimum atomic E-state index is -0.787. The monoisotopic (exact) mass is 459 g/mol. The molecule has 0 saturated carbocycles. The number of nitrogens with zero attached hydrogens (tertiary/aromatic N) is 1. The van der Waals surface area contributed by atoms with Gasteiger partial charge in [0.15, 0.2) is 0 Å². The van der Waals surface area contributed by atoms with Crippen molar-refractivity contribution in [1.29, 1.82) is 5.26 Å². The van der Waals surface area contributed by atoms with E-state index in [2.05, 4.69) is 94.4 Å². The van der Waals surface area contributed by atoms with Crippen LogP contribution in [0.5, 0.6) is 0 Å². The number of nitrogen functional groups attached to an aromatic ring is 2. The number of anilines is 2. The van der Waals surface area contributed by atoms with Crippen LogP contribution in [0.15, 0.2) is 90.6 Å².